The van der Waals surface area contributed by atoms with Crippen molar-refractivity contribution in [3.05, 3.63) is 48.0 Å². The van der Waals surface area contributed by atoms with Crippen LogP contribution in [0.25, 0.3) is 11.3 Å². The predicted octanol–water partition coefficient (Wildman–Crippen LogP) is 3.44. The van der Waals surface area contributed by atoms with Gasteiger partial charge in [0.05, 0.1) is 12.8 Å². The molecule has 0 amide bonds. The third kappa shape index (κ3) is 4.39. The minimum atomic E-state index is 0.214. The van der Waals surface area contributed by atoms with Crippen LogP contribution in [0.1, 0.15) is 30.9 Å². The van der Waals surface area contributed by atoms with E-state index in [1.165, 1.54) is 13.4 Å². The van der Waals surface area contributed by atoms with Gasteiger partial charge in [0.1, 0.15) is 37.0 Å². The van der Waals surface area contributed by atoms with E-state index in [1.807, 2.05) is 12.1 Å². The van der Waals surface area contributed by atoms with Crippen LogP contribution in [0.3, 0.4) is 0 Å². The summed E-state index contributed by atoms with van der Waals surface area (Å²) in [4.78, 5) is 17.1. The van der Waals surface area contributed by atoms with Crippen LogP contribution < -0.4 is 19.5 Å². The Morgan fingerprint density at radius 2 is 2.00 bits per heavy atom. The van der Waals surface area contributed by atoms with Gasteiger partial charge in [0.25, 0.3) is 5.88 Å². The lowest BCUT2D eigenvalue weighted by Crippen LogP contribution is -2.21. The molecule has 164 valence electrons. The normalized spacial score (nSPS) is 14.2. The minimum absolute atomic E-state index is 0.214. The smallest absolute Gasteiger partial charge is 0.257 e. The number of pyridine rings is 2. The van der Waals surface area contributed by atoms with Crippen LogP contribution in [-0.4, -0.2) is 46.8 Å². The van der Waals surface area contributed by atoms with Crippen LogP contribution in [0.4, 0.5) is 5.82 Å². The quantitative estimate of drug-likeness (QED) is 0.599. The Bertz CT molecular complexity index is 1150. The zero-order valence-electron chi connectivity index (χ0n) is 18.2. The lowest BCUT2D eigenvalue weighted by Gasteiger charge is -2.26. The van der Waals surface area contributed by atoms with E-state index in [0.29, 0.717) is 48.6 Å². The molecule has 3 aromatic heterocycles. The van der Waals surface area contributed by atoms with Gasteiger partial charge in [-0.3, -0.25) is 0 Å². The molecule has 2 atom stereocenters. The Labute approximate surface area is 186 Å². The average Bonchev–Trinajstić information content (AvgIpc) is 2.86. The molecule has 0 saturated carbocycles. The van der Waals surface area contributed by atoms with E-state index < -0.39 is 0 Å². The number of hydrogen-bond acceptors (Lipinski definition) is 9. The number of rotatable bonds is 7. The fourth-order valence-electron chi connectivity index (χ4n) is 3.53. The zero-order chi connectivity index (χ0) is 22.5. The van der Waals surface area contributed by atoms with Crippen LogP contribution in [0.15, 0.2) is 36.9 Å². The lowest BCUT2D eigenvalue weighted by atomic mass is 9.88. The van der Waals surface area contributed by atoms with Crippen LogP contribution in [0.5, 0.6) is 17.5 Å². The summed E-state index contributed by atoms with van der Waals surface area (Å²) in [5, 5.41) is 12.7. The first-order valence-electron chi connectivity index (χ1n) is 10.4. The van der Waals surface area contributed by atoms with Crippen molar-refractivity contribution < 1.29 is 14.2 Å². The Balaban J connectivity index is 1.46. The summed E-state index contributed by atoms with van der Waals surface area (Å²) in [5.41, 5.74) is 2.83. The van der Waals surface area contributed by atoms with Gasteiger partial charge in [0, 0.05) is 36.1 Å². The monoisotopic (exact) mass is 432 g/mol. The fourth-order valence-corrected chi connectivity index (χ4v) is 3.53. The molecule has 0 spiro atoms. The van der Waals surface area contributed by atoms with E-state index in [9.17, 15) is 5.26 Å². The van der Waals surface area contributed by atoms with Gasteiger partial charge in [-0.05, 0) is 24.0 Å². The number of nitriles is 1. The molecule has 0 fully saturated rings. The highest BCUT2D eigenvalue weighted by atomic mass is 16.6. The first-order chi connectivity index (χ1) is 15.6. The highest BCUT2D eigenvalue weighted by Crippen LogP contribution is 2.38. The molecule has 9 nitrogen and oxygen atoms in total. The molecule has 1 aliphatic heterocycles. The summed E-state index contributed by atoms with van der Waals surface area (Å²) in [6.07, 6.45) is 4.88. The van der Waals surface area contributed by atoms with Crippen molar-refractivity contribution in [2.75, 3.05) is 32.2 Å². The average molecular weight is 432 g/mol. The molecule has 0 radical (unpaired) electrons. The van der Waals surface area contributed by atoms with E-state index >= 15 is 0 Å². The first kappa shape index (κ1) is 21.3. The van der Waals surface area contributed by atoms with Crippen LogP contribution >= 0.6 is 0 Å². The maximum absolute atomic E-state index is 9.30. The fraction of sp³-hybridized carbons (Fsp3) is 0.348. The SMILES string of the molecule is COc1ncc(-c2cc(NC[C@@H](C)C(C)c3ccnc4c3OCCO4)ncn2)cc1C#N. The number of ether oxygens (including phenoxy) is 3. The molecule has 0 aliphatic carbocycles. The molecule has 4 heterocycles. The molecule has 1 N–H and O–H groups in total. The van der Waals surface area contributed by atoms with E-state index in [0.717, 1.165) is 16.9 Å². The van der Waals surface area contributed by atoms with Gasteiger partial charge in [0.2, 0.25) is 5.88 Å². The van der Waals surface area contributed by atoms with Crippen LogP contribution in [0, 0.1) is 17.2 Å². The predicted molar refractivity (Wildman–Crippen MR) is 118 cm³/mol. The lowest BCUT2D eigenvalue weighted by molar-refractivity contribution is 0.161. The van der Waals surface area contributed by atoms with Crippen LogP contribution in [-0.2, 0) is 0 Å². The van der Waals surface area contributed by atoms with Gasteiger partial charge in [-0.1, -0.05) is 13.8 Å². The molecule has 0 bridgehead atoms. The van der Waals surface area contributed by atoms with Crippen molar-refractivity contribution in [3.8, 4) is 34.8 Å². The van der Waals surface area contributed by atoms with Gasteiger partial charge in [-0.25, -0.2) is 19.9 Å². The Kier molecular flexibility index (Phi) is 6.31. The summed E-state index contributed by atoms with van der Waals surface area (Å²) in [6, 6.07) is 7.62. The number of fused-ring (bicyclic) bond motifs is 1. The molecule has 1 unspecified atom stereocenters. The molecule has 0 saturated heterocycles. The van der Waals surface area contributed by atoms with E-state index in [4.69, 9.17) is 14.2 Å². The Hall–Kier alpha value is -3.93. The van der Waals surface area contributed by atoms with Gasteiger partial charge >= 0.3 is 0 Å². The second kappa shape index (κ2) is 9.47. The maximum Gasteiger partial charge on any atom is 0.257 e. The number of aromatic nitrogens is 4. The van der Waals surface area contributed by atoms with Crippen molar-refractivity contribution in [3.63, 3.8) is 0 Å². The van der Waals surface area contributed by atoms with Crippen molar-refractivity contribution in [2.24, 2.45) is 5.92 Å². The summed E-state index contributed by atoms with van der Waals surface area (Å²) < 4.78 is 16.5. The summed E-state index contributed by atoms with van der Waals surface area (Å²) >= 11 is 0. The van der Waals surface area contributed by atoms with E-state index in [1.54, 1.807) is 18.5 Å². The highest BCUT2D eigenvalue weighted by Gasteiger charge is 2.24. The summed E-state index contributed by atoms with van der Waals surface area (Å²) in [6.45, 7) is 6.08. The van der Waals surface area contributed by atoms with Gasteiger partial charge in [-0.15, -0.1) is 0 Å². The third-order valence-electron chi connectivity index (χ3n) is 5.55. The molecule has 1 aliphatic rings. The Morgan fingerprint density at radius 1 is 1.16 bits per heavy atom. The van der Waals surface area contributed by atoms with Crippen LogP contribution in [0.2, 0.25) is 0 Å². The van der Waals surface area contributed by atoms with Crippen molar-refractivity contribution in [1.82, 2.24) is 19.9 Å². The second-order valence-corrected chi connectivity index (χ2v) is 7.56. The van der Waals surface area contributed by atoms with E-state index in [-0.39, 0.29) is 11.8 Å². The number of methoxy groups -OCH3 is 1. The molecule has 4 rings (SSSR count). The second-order valence-electron chi connectivity index (χ2n) is 7.56. The first-order valence-corrected chi connectivity index (χ1v) is 10.4. The summed E-state index contributed by atoms with van der Waals surface area (Å²) in [7, 11) is 1.48. The zero-order valence-corrected chi connectivity index (χ0v) is 18.2. The largest absolute Gasteiger partial charge is 0.484 e. The molecule has 32 heavy (non-hydrogen) atoms. The summed E-state index contributed by atoms with van der Waals surface area (Å²) in [5.74, 6) is 2.78. The topological polar surface area (TPSA) is 115 Å². The van der Waals surface area contributed by atoms with E-state index in [2.05, 4.69) is 45.2 Å². The van der Waals surface area contributed by atoms with Crippen molar-refractivity contribution >= 4 is 5.82 Å². The molecular weight excluding hydrogens is 408 g/mol. The highest BCUT2D eigenvalue weighted by molar-refractivity contribution is 5.64. The minimum Gasteiger partial charge on any atom is -0.484 e. The number of hydrogen-bond donors (Lipinski definition) is 1. The van der Waals surface area contributed by atoms with Crippen molar-refractivity contribution in [2.45, 2.75) is 19.8 Å². The van der Waals surface area contributed by atoms with Gasteiger partial charge < -0.3 is 19.5 Å². The Morgan fingerprint density at radius 3 is 2.81 bits per heavy atom. The van der Waals surface area contributed by atoms with Crippen molar-refractivity contribution in [1.29, 1.82) is 5.26 Å². The number of nitrogens with zero attached hydrogens (tertiary/aromatic N) is 5. The van der Waals surface area contributed by atoms with Gasteiger partial charge in [0.15, 0.2) is 5.75 Å². The molecule has 0 aromatic carbocycles. The van der Waals surface area contributed by atoms with Gasteiger partial charge in [-0.2, -0.15) is 5.26 Å². The molecular formula is C23H24N6O3. The molecule has 9 heteroatoms. The third-order valence-corrected chi connectivity index (χ3v) is 5.55. The number of nitrogens with one attached hydrogen (secondary N) is 1. The standard InChI is InChI=1S/C23H24N6O3/c1-14(15(2)18-4-5-25-23-21(18)31-6-7-32-23)11-26-20-9-19(28-13-29-20)17-8-16(10-24)22(30-3)27-12-17/h4-5,8-9,12-15H,6-7,11H2,1-3H3,(H,26,28,29)/t14-,15?/m1/s1. The number of anilines is 1. The molecule has 3 aromatic rings. The maximum atomic E-state index is 9.30.